The summed E-state index contributed by atoms with van der Waals surface area (Å²) in [5.74, 6) is 1.40. The van der Waals surface area contributed by atoms with Crippen LogP contribution in [0.2, 0.25) is 0 Å². The first-order chi connectivity index (χ1) is 10.8. The lowest BCUT2D eigenvalue weighted by molar-refractivity contribution is 0.00749. The van der Waals surface area contributed by atoms with Gasteiger partial charge in [0.05, 0.1) is 5.52 Å². The van der Waals surface area contributed by atoms with Gasteiger partial charge in [-0.15, -0.1) is 6.58 Å². The van der Waals surface area contributed by atoms with E-state index in [4.69, 9.17) is 5.73 Å². The van der Waals surface area contributed by atoms with Crippen molar-refractivity contribution in [2.45, 2.75) is 24.9 Å². The third-order valence-corrected chi connectivity index (χ3v) is 5.61. The Morgan fingerprint density at radius 3 is 2.95 bits per heavy atom. The fourth-order valence-corrected chi connectivity index (χ4v) is 4.37. The second-order valence-corrected chi connectivity index (χ2v) is 6.69. The highest BCUT2D eigenvalue weighted by Gasteiger charge is 2.41. The number of aromatic nitrogens is 1. The van der Waals surface area contributed by atoms with Crippen molar-refractivity contribution in [3.63, 3.8) is 0 Å². The second-order valence-electron chi connectivity index (χ2n) is 6.69. The molecule has 3 fully saturated rings. The van der Waals surface area contributed by atoms with E-state index >= 15 is 0 Å². The van der Waals surface area contributed by atoms with Crippen LogP contribution in [-0.2, 0) is 0 Å². The van der Waals surface area contributed by atoms with Crippen LogP contribution in [0.3, 0.4) is 0 Å². The number of fused-ring (bicyclic) bond motifs is 4. The van der Waals surface area contributed by atoms with E-state index in [-0.39, 0.29) is 6.04 Å². The quantitative estimate of drug-likeness (QED) is 0.884. The molecule has 2 aromatic rings. The molecule has 0 spiro atoms. The van der Waals surface area contributed by atoms with Gasteiger partial charge in [-0.05, 0) is 48.9 Å². The van der Waals surface area contributed by atoms with Crippen LogP contribution in [0.25, 0.3) is 10.9 Å². The van der Waals surface area contributed by atoms with Gasteiger partial charge < -0.3 is 5.73 Å². The van der Waals surface area contributed by atoms with Gasteiger partial charge in [-0.2, -0.15) is 0 Å². The van der Waals surface area contributed by atoms with E-state index in [0.29, 0.717) is 12.0 Å². The molecule has 5 rings (SSSR count). The standard InChI is InChI=1S/C19H23N3/c1-2-13-12-22-10-8-14(13)11-18(22)19(20)16-7-9-21-17-6-4-3-5-15(16)17/h2-7,9,13-14,18-19H,1,8,10-12,20H2/t13-,14-,18-,19?/m0/s1. The van der Waals surface area contributed by atoms with Gasteiger partial charge in [0.1, 0.15) is 0 Å². The van der Waals surface area contributed by atoms with Gasteiger partial charge in [0.2, 0.25) is 0 Å². The number of nitrogens with two attached hydrogens (primary N) is 1. The Hall–Kier alpha value is -1.71. The van der Waals surface area contributed by atoms with Crippen LogP contribution in [0.15, 0.2) is 49.2 Å². The van der Waals surface area contributed by atoms with Gasteiger partial charge in [-0.3, -0.25) is 9.88 Å². The summed E-state index contributed by atoms with van der Waals surface area (Å²) in [6.07, 6.45) is 6.51. The molecule has 0 aliphatic carbocycles. The molecule has 1 aromatic carbocycles. The van der Waals surface area contributed by atoms with Gasteiger partial charge in [-0.25, -0.2) is 0 Å². The second kappa shape index (κ2) is 5.49. The number of nitrogens with zero attached hydrogens (tertiary/aromatic N) is 2. The molecule has 0 radical (unpaired) electrons. The summed E-state index contributed by atoms with van der Waals surface area (Å²) in [4.78, 5) is 7.04. The van der Waals surface area contributed by atoms with Crippen LogP contribution in [0.4, 0.5) is 0 Å². The molecular formula is C19H23N3. The highest BCUT2D eigenvalue weighted by Crippen LogP contribution is 2.41. The Balaban J connectivity index is 1.67. The predicted molar refractivity (Wildman–Crippen MR) is 90.4 cm³/mol. The van der Waals surface area contributed by atoms with E-state index in [2.05, 4.69) is 46.8 Å². The molecule has 3 heteroatoms. The zero-order valence-corrected chi connectivity index (χ0v) is 12.9. The van der Waals surface area contributed by atoms with Crippen molar-refractivity contribution in [1.82, 2.24) is 9.88 Å². The Bertz CT molecular complexity index is 691. The van der Waals surface area contributed by atoms with Crippen molar-refractivity contribution in [2.24, 2.45) is 17.6 Å². The molecule has 3 aliphatic rings. The molecule has 0 amide bonds. The lowest BCUT2D eigenvalue weighted by Crippen LogP contribution is -2.56. The van der Waals surface area contributed by atoms with Gasteiger partial charge >= 0.3 is 0 Å². The van der Waals surface area contributed by atoms with Crippen LogP contribution < -0.4 is 5.73 Å². The van der Waals surface area contributed by atoms with E-state index in [9.17, 15) is 0 Å². The molecule has 0 saturated carbocycles. The zero-order chi connectivity index (χ0) is 15.1. The maximum absolute atomic E-state index is 6.71. The van der Waals surface area contributed by atoms with E-state index in [1.165, 1.54) is 30.3 Å². The summed E-state index contributed by atoms with van der Waals surface area (Å²) >= 11 is 0. The van der Waals surface area contributed by atoms with Crippen molar-refractivity contribution in [1.29, 1.82) is 0 Å². The first-order valence-electron chi connectivity index (χ1n) is 8.24. The minimum atomic E-state index is 0.0569. The number of pyridine rings is 1. The normalized spacial score (nSPS) is 32.0. The molecule has 114 valence electrons. The maximum Gasteiger partial charge on any atom is 0.0705 e. The molecule has 2 bridgehead atoms. The topological polar surface area (TPSA) is 42.1 Å². The van der Waals surface area contributed by atoms with E-state index in [0.717, 1.165) is 18.0 Å². The number of piperidine rings is 3. The molecule has 3 nitrogen and oxygen atoms in total. The van der Waals surface area contributed by atoms with Gasteiger partial charge in [-0.1, -0.05) is 24.3 Å². The molecule has 3 saturated heterocycles. The van der Waals surface area contributed by atoms with Gasteiger partial charge in [0.15, 0.2) is 0 Å². The third-order valence-electron chi connectivity index (χ3n) is 5.61. The van der Waals surface area contributed by atoms with Crippen molar-refractivity contribution in [3.05, 3.63) is 54.7 Å². The monoisotopic (exact) mass is 293 g/mol. The summed E-state index contributed by atoms with van der Waals surface area (Å²) in [6, 6.07) is 10.9. The Morgan fingerprint density at radius 1 is 1.32 bits per heavy atom. The predicted octanol–water partition coefficient (Wildman–Crippen LogP) is 3.13. The zero-order valence-electron chi connectivity index (χ0n) is 12.9. The van der Waals surface area contributed by atoms with E-state index < -0.39 is 0 Å². The smallest absolute Gasteiger partial charge is 0.0705 e. The van der Waals surface area contributed by atoms with Crippen molar-refractivity contribution < 1.29 is 0 Å². The third kappa shape index (κ3) is 2.16. The highest BCUT2D eigenvalue weighted by atomic mass is 15.2. The summed E-state index contributed by atoms with van der Waals surface area (Å²) < 4.78 is 0. The summed E-state index contributed by atoms with van der Waals surface area (Å²) in [7, 11) is 0. The molecule has 5 atom stereocenters. The largest absolute Gasteiger partial charge is 0.323 e. The average Bonchev–Trinajstić information content (AvgIpc) is 2.60. The van der Waals surface area contributed by atoms with Crippen LogP contribution in [0, 0.1) is 11.8 Å². The van der Waals surface area contributed by atoms with Crippen LogP contribution in [-0.4, -0.2) is 29.0 Å². The van der Waals surface area contributed by atoms with Crippen molar-refractivity contribution in [3.8, 4) is 0 Å². The van der Waals surface area contributed by atoms with E-state index in [1.807, 2.05) is 12.3 Å². The lowest BCUT2D eigenvalue weighted by Gasteiger charge is -2.51. The minimum Gasteiger partial charge on any atom is -0.323 e. The maximum atomic E-state index is 6.71. The Kier molecular flexibility index (Phi) is 3.47. The minimum absolute atomic E-state index is 0.0569. The Labute approximate surface area is 131 Å². The fourth-order valence-electron chi connectivity index (χ4n) is 4.37. The molecule has 3 aliphatic heterocycles. The van der Waals surface area contributed by atoms with Crippen molar-refractivity contribution >= 4 is 10.9 Å². The number of hydrogen-bond donors (Lipinski definition) is 1. The lowest BCUT2D eigenvalue weighted by atomic mass is 9.73. The molecule has 4 heterocycles. The summed E-state index contributed by atoms with van der Waals surface area (Å²) in [5.41, 5.74) is 8.99. The van der Waals surface area contributed by atoms with Crippen LogP contribution >= 0.6 is 0 Å². The molecule has 2 N–H and O–H groups in total. The van der Waals surface area contributed by atoms with Crippen LogP contribution in [0.5, 0.6) is 0 Å². The van der Waals surface area contributed by atoms with Crippen LogP contribution in [0.1, 0.15) is 24.4 Å². The number of rotatable bonds is 3. The Morgan fingerprint density at radius 2 is 2.18 bits per heavy atom. The average molecular weight is 293 g/mol. The first kappa shape index (κ1) is 13.9. The molecule has 1 aromatic heterocycles. The van der Waals surface area contributed by atoms with Gasteiger partial charge in [0.25, 0.3) is 0 Å². The fraction of sp³-hybridized carbons (Fsp3) is 0.421. The number of hydrogen-bond acceptors (Lipinski definition) is 3. The number of benzene rings is 1. The molecular weight excluding hydrogens is 270 g/mol. The van der Waals surface area contributed by atoms with Crippen molar-refractivity contribution in [2.75, 3.05) is 13.1 Å². The number of para-hydroxylation sites is 1. The summed E-state index contributed by atoms with van der Waals surface area (Å²) in [5, 5.41) is 1.19. The highest BCUT2D eigenvalue weighted by molar-refractivity contribution is 5.82. The molecule has 1 unspecified atom stereocenters. The first-order valence-corrected chi connectivity index (χ1v) is 8.24. The van der Waals surface area contributed by atoms with Gasteiger partial charge in [0, 0.05) is 30.2 Å². The molecule has 22 heavy (non-hydrogen) atoms. The summed E-state index contributed by atoms with van der Waals surface area (Å²) in [6.45, 7) is 6.30. The van der Waals surface area contributed by atoms with E-state index in [1.54, 1.807) is 0 Å². The SMILES string of the molecule is C=C[C@H]1C[N@]2CC[C@H]1C[C@H]2C(N)c1ccnc2ccccc12.